The average molecular weight is 357 g/mol. The molecule has 1 heterocycles. The largest absolute Gasteiger partial charge is 0.353 e. The van der Waals surface area contributed by atoms with Gasteiger partial charge in [-0.3, -0.25) is 4.79 Å². The first-order chi connectivity index (χ1) is 12.7. The van der Waals surface area contributed by atoms with Gasteiger partial charge in [-0.15, -0.1) is 0 Å². The summed E-state index contributed by atoms with van der Waals surface area (Å²) in [6.07, 6.45) is 9.74. The van der Waals surface area contributed by atoms with Crippen LogP contribution in [0.2, 0.25) is 0 Å². The third-order valence-corrected chi connectivity index (χ3v) is 5.62. The Kier molecular flexibility index (Phi) is 6.92. The van der Waals surface area contributed by atoms with Gasteiger partial charge in [0, 0.05) is 31.2 Å². The summed E-state index contributed by atoms with van der Waals surface area (Å²) in [6, 6.07) is 9.87. The number of piperidine rings is 1. The molecule has 3 rings (SSSR count). The molecule has 0 radical (unpaired) electrons. The lowest BCUT2D eigenvalue weighted by molar-refractivity contribution is -0.123. The number of hydrogen-bond acceptors (Lipinski definition) is 2. The van der Waals surface area contributed by atoms with Gasteiger partial charge in [-0.25, -0.2) is 4.79 Å². The minimum Gasteiger partial charge on any atom is -0.353 e. The normalized spacial score (nSPS) is 19.6. The first-order valence-electron chi connectivity index (χ1n) is 10.1. The molecule has 26 heavy (non-hydrogen) atoms. The molecule has 2 N–H and O–H groups in total. The highest BCUT2D eigenvalue weighted by Gasteiger charge is 2.25. The van der Waals surface area contributed by atoms with Gasteiger partial charge in [-0.2, -0.15) is 0 Å². The van der Waals surface area contributed by atoms with Crippen LogP contribution in [0.4, 0.5) is 10.5 Å². The van der Waals surface area contributed by atoms with Crippen LogP contribution in [0.15, 0.2) is 30.3 Å². The van der Waals surface area contributed by atoms with Crippen molar-refractivity contribution in [2.75, 3.05) is 18.4 Å². The molecule has 1 saturated carbocycles. The molecule has 5 nitrogen and oxygen atoms in total. The lowest BCUT2D eigenvalue weighted by Crippen LogP contribution is -2.42. The van der Waals surface area contributed by atoms with E-state index in [0.717, 1.165) is 44.5 Å². The van der Waals surface area contributed by atoms with Gasteiger partial charge in [-0.05, 0) is 43.7 Å². The molecule has 0 atom stereocenters. The number of likely N-dealkylation sites (tertiary alicyclic amines) is 1. The van der Waals surface area contributed by atoms with Crippen molar-refractivity contribution < 1.29 is 9.59 Å². The summed E-state index contributed by atoms with van der Waals surface area (Å²) >= 11 is 0. The Labute approximate surface area is 156 Å². The molecule has 0 unspecified atom stereocenters. The van der Waals surface area contributed by atoms with Crippen molar-refractivity contribution in [3.05, 3.63) is 30.3 Å². The maximum Gasteiger partial charge on any atom is 0.321 e. The van der Waals surface area contributed by atoms with E-state index in [-0.39, 0.29) is 11.9 Å². The first kappa shape index (κ1) is 18.7. The number of nitrogens with one attached hydrogen (secondary N) is 2. The monoisotopic (exact) mass is 357 g/mol. The second-order valence-electron chi connectivity index (χ2n) is 7.69. The van der Waals surface area contributed by atoms with Crippen molar-refractivity contribution in [1.29, 1.82) is 0 Å². The van der Waals surface area contributed by atoms with Crippen LogP contribution >= 0.6 is 0 Å². The zero-order valence-electron chi connectivity index (χ0n) is 15.6. The molecule has 5 heteroatoms. The van der Waals surface area contributed by atoms with E-state index in [1.807, 2.05) is 35.2 Å². The second kappa shape index (κ2) is 9.60. The van der Waals surface area contributed by atoms with Crippen molar-refractivity contribution in [2.45, 2.75) is 63.8 Å². The molecule has 1 aliphatic carbocycles. The van der Waals surface area contributed by atoms with E-state index in [1.165, 1.54) is 25.7 Å². The number of amides is 3. The minimum atomic E-state index is -0.0439. The molecule has 1 aromatic rings. The van der Waals surface area contributed by atoms with Crippen LogP contribution in [-0.2, 0) is 4.79 Å². The van der Waals surface area contributed by atoms with Crippen LogP contribution in [0, 0.1) is 5.92 Å². The topological polar surface area (TPSA) is 61.4 Å². The summed E-state index contributed by atoms with van der Waals surface area (Å²) in [7, 11) is 0. The van der Waals surface area contributed by atoms with Gasteiger partial charge >= 0.3 is 6.03 Å². The van der Waals surface area contributed by atoms with E-state index in [2.05, 4.69) is 10.6 Å². The number of urea groups is 1. The number of nitrogens with zero attached hydrogens (tertiary/aromatic N) is 1. The van der Waals surface area contributed by atoms with E-state index in [4.69, 9.17) is 0 Å². The van der Waals surface area contributed by atoms with E-state index in [1.54, 1.807) is 0 Å². The predicted molar refractivity (Wildman–Crippen MR) is 104 cm³/mol. The molecule has 2 aliphatic rings. The Morgan fingerprint density at radius 3 is 2.23 bits per heavy atom. The fourth-order valence-electron chi connectivity index (χ4n) is 4.04. The van der Waals surface area contributed by atoms with Crippen molar-refractivity contribution in [1.82, 2.24) is 10.2 Å². The van der Waals surface area contributed by atoms with Gasteiger partial charge in [0.1, 0.15) is 0 Å². The van der Waals surface area contributed by atoms with Crippen LogP contribution in [0.1, 0.15) is 57.8 Å². The number of carbonyl (C=O) groups is 2. The van der Waals surface area contributed by atoms with E-state index in [9.17, 15) is 9.59 Å². The Hall–Kier alpha value is -2.04. The lowest BCUT2D eigenvalue weighted by atomic mass is 9.93. The van der Waals surface area contributed by atoms with Crippen LogP contribution < -0.4 is 10.6 Å². The van der Waals surface area contributed by atoms with Crippen LogP contribution in [0.5, 0.6) is 0 Å². The summed E-state index contributed by atoms with van der Waals surface area (Å²) in [4.78, 5) is 26.5. The van der Waals surface area contributed by atoms with Gasteiger partial charge in [0.2, 0.25) is 5.91 Å². The van der Waals surface area contributed by atoms with Gasteiger partial charge in [0.15, 0.2) is 0 Å². The smallest absolute Gasteiger partial charge is 0.321 e. The third kappa shape index (κ3) is 5.75. The minimum absolute atomic E-state index is 0.0439. The van der Waals surface area contributed by atoms with Gasteiger partial charge < -0.3 is 15.5 Å². The molecular formula is C21H31N3O2. The Bertz CT molecular complexity index is 574. The number of para-hydroxylation sites is 1. The fraction of sp³-hybridized carbons (Fsp3) is 0.619. The van der Waals surface area contributed by atoms with Crippen molar-refractivity contribution >= 4 is 17.6 Å². The van der Waals surface area contributed by atoms with Gasteiger partial charge in [0.05, 0.1) is 0 Å². The van der Waals surface area contributed by atoms with Crippen molar-refractivity contribution in [3.63, 3.8) is 0 Å². The second-order valence-corrected chi connectivity index (χ2v) is 7.69. The van der Waals surface area contributed by atoms with E-state index in [0.29, 0.717) is 18.4 Å². The molecule has 1 saturated heterocycles. The van der Waals surface area contributed by atoms with E-state index < -0.39 is 0 Å². The summed E-state index contributed by atoms with van der Waals surface area (Å²) in [6.45, 7) is 1.44. The summed E-state index contributed by atoms with van der Waals surface area (Å²) in [5, 5.41) is 6.18. The van der Waals surface area contributed by atoms with Gasteiger partial charge in [-0.1, -0.05) is 43.9 Å². The highest BCUT2D eigenvalue weighted by molar-refractivity contribution is 5.89. The summed E-state index contributed by atoms with van der Waals surface area (Å²) < 4.78 is 0. The lowest BCUT2D eigenvalue weighted by Gasteiger charge is -2.32. The maximum absolute atomic E-state index is 12.3. The van der Waals surface area contributed by atoms with E-state index >= 15 is 0 Å². The number of anilines is 1. The van der Waals surface area contributed by atoms with Gasteiger partial charge in [0.25, 0.3) is 0 Å². The Morgan fingerprint density at radius 1 is 0.923 bits per heavy atom. The van der Waals surface area contributed by atoms with Crippen LogP contribution in [0.25, 0.3) is 0 Å². The highest BCUT2D eigenvalue weighted by atomic mass is 16.2. The molecular weight excluding hydrogens is 326 g/mol. The molecule has 1 aliphatic heterocycles. The number of hydrogen-bond donors (Lipinski definition) is 2. The molecule has 0 spiro atoms. The zero-order chi connectivity index (χ0) is 18.2. The van der Waals surface area contributed by atoms with Crippen molar-refractivity contribution in [3.8, 4) is 0 Å². The predicted octanol–water partition coefficient (Wildman–Crippen LogP) is 4.16. The molecule has 0 bridgehead atoms. The molecule has 3 amide bonds. The average Bonchev–Trinajstić information content (AvgIpc) is 2.91. The first-order valence-corrected chi connectivity index (χ1v) is 10.1. The quantitative estimate of drug-likeness (QED) is 0.795. The number of rotatable bonds is 4. The zero-order valence-corrected chi connectivity index (χ0v) is 15.6. The number of carbonyl (C=O) groups excluding carboxylic acids is 2. The maximum atomic E-state index is 12.3. The molecule has 0 aromatic heterocycles. The summed E-state index contributed by atoms with van der Waals surface area (Å²) in [5.41, 5.74) is 0.822. The Balaban J connectivity index is 1.37. The molecule has 142 valence electrons. The van der Waals surface area contributed by atoms with Crippen molar-refractivity contribution in [2.24, 2.45) is 5.92 Å². The Morgan fingerprint density at radius 2 is 1.58 bits per heavy atom. The standard InChI is InChI=1S/C21H31N3O2/c25-20(22-18-8-4-1-2-5-9-18)16-17-12-14-24(15-13-17)21(26)23-19-10-6-3-7-11-19/h3,6-7,10-11,17-18H,1-2,4-5,8-9,12-16H2,(H,22,25)(H,23,26). The SMILES string of the molecule is O=C(CC1CCN(C(=O)Nc2ccccc2)CC1)NC1CCCCCC1. The molecule has 2 fully saturated rings. The summed E-state index contributed by atoms with van der Waals surface area (Å²) in [5.74, 6) is 0.589. The fourth-order valence-corrected chi connectivity index (χ4v) is 4.04. The van der Waals surface area contributed by atoms with Crippen LogP contribution in [-0.4, -0.2) is 36.0 Å². The highest BCUT2D eigenvalue weighted by Crippen LogP contribution is 2.22. The molecule has 1 aromatic carbocycles. The van der Waals surface area contributed by atoms with Crippen LogP contribution in [0.3, 0.4) is 0 Å². The number of benzene rings is 1. The third-order valence-electron chi connectivity index (χ3n) is 5.62.